The van der Waals surface area contributed by atoms with Crippen LogP contribution in [0.15, 0.2) is 36.0 Å². The van der Waals surface area contributed by atoms with Crippen molar-refractivity contribution in [1.29, 1.82) is 0 Å². The van der Waals surface area contributed by atoms with Gasteiger partial charge in [-0.3, -0.25) is 4.99 Å². The average Bonchev–Trinajstić information content (AvgIpc) is 2.42. The molecule has 0 bridgehead atoms. The second-order valence-corrected chi connectivity index (χ2v) is 4.27. The first kappa shape index (κ1) is 13.2. The lowest BCUT2D eigenvalue weighted by Crippen LogP contribution is -1.98. The number of nitrogens with one attached hydrogen (secondary N) is 1. The summed E-state index contributed by atoms with van der Waals surface area (Å²) in [6, 6.07) is 5.68. The zero-order valence-electron chi connectivity index (χ0n) is 10.5. The van der Waals surface area contributed by atoms with Gasteiger partial charge in [0.25, 0.3) is 0 Å². The molecular weight excluding hydrogens is 260 g/mol. The van der Waals surface area contributed by atoms with Crippen molar-refractivity contribution in [2.75, 3.05) is 5.32 Å². The molecule has 0 spiro atoms. The first-order valence-corrected chi connectivity index (χ1v) is 6.01. The normalized spacial score (nSPS) is 10.0. The fourth-order valence-electron chi connectivity index (χ4n) is 1.62. The Balaban J connectivity index is 2.35. The SMILES string of the molecule is C=Cc1cc(Nc2nc(Cl)ncc2C)ccc1N=C. The van der Waals surface area contributed by atoms with E-state index < -0.39 is 0 Å². The van der Waals surface area contributed by atoms with Crippen LogP contribution >= 0.6 is 11.6 Å². The van der Waals surface area contributed by atoms with E-state index in [0.717, 1.165) is 22.5 Å². The number of rotatable bonds is 4. The van der Waals surface area contributed by atoms with E-state index in [1.807, 2.05) is 25.1 Å². The Labute approximate surface area is 116 Å². The molecule has 0 atom stereocenters. The number of halogens is 1. The average molecular weight is 273 g/mol. The highest BCUT2D eigenvalue weighted by molar-refractivity contribution is 6.28. The molecule has 19 heavy (non-hydrogen) atoms. The van der Waals surface area contributed by atoms with Crippen molar-refractivity contribution in [3.8, 4) is 0 Å². The molecule has 2 rings (SSSR count). The smallest absolute Gasteiger partial charge is 0.224 e. The van der Waals surface area contributed by atoms with Gasteiger partial charge in [0.1, 0.15) is 5.82 Å². The van der Waals surface area contributed by atoms with Gasteiger partial charge in [-0.05, 0) is 43.4 Å². The minimum atomic E-state index is 0.210. The van der Waals surface area contributed by atoms with Gasteiger partial charge in [-0.2, -0.15) is 0 Å². The molecule has 0 saturated carbocycles. The first-order chi connectivity index (χ1) is 9.13. The number of aromatic nitrogens is 2. The Morgan fingerprint density at radius 3 is 2.89 bits per heavy atom. The molecular formula is C14H13ClN4. The summed E-state index contributed by atoms with van der Waals surface area (Å²) in [4.78, 5) is 12.0. The second kappa shape index (κ2) is 5.63. The standard InChI is InChI=1S/C14H13ClN4/c1-4-10-7-11(5-6-12(10)16-3)18-13-9(2)8-17-14(15)19-13/h4-8H,1,3H2,2H3,(H,17,18,19). The predicted octanol–water partition coefficient (Wildman–Crippen LogP) is 4.16. The molecule has 0 fully saturated rings. The van der Waals surface area contributed by atoms with E-state index in [0.29, 0.717) is 5.82 Å². The van der Waals surface area contributed by atoms with Crippen LogP contribution in [0.5, 0.6) is 0 Å². The summed E-state index contributed by atoms with van der Waals surface area (Å²) < 4.78 is 0. The highest BCUT2D eigenvalue weighted by Crippen LogP contribution is 2.26. The summed E-state index contributed by atoms with van der Waals surface area (Å²) in [6.45, 7) is 9.19. The molecule has 5 heteroatoms. The van der Waals surface area contributed by atoms with Gasteiger partial charge in [0.05, 0.1) is 5.69 Å². The Morgan fingerprint density at radius 2 is 2.21 bits per heavy atom. The van der Waals surface area contributed by atoms with Gasteiger partial charge in [-0.25, -0.2) is 9.97 Å². The van der Waals surface area contributed by atoms with Crippen molar-refractivity contribution in [3.63, 3.8) is 0 Å². The van der Waals surface area contributed by atoms with Gasteiger partial charge >= 0.3 is 0 Å². The van der Waals surface area contributed by atoms with Gasteiger partial charge in [0, 0.05) is 23.0 Å². The third kappa shape index (κ3) is 2.98. The minimum absolute atomic E-state index is 0.210. The molecule has 0 radical (unpaired) electrons. The fourth-order valence-corrected chi connectivity index (χ4v) is 1.76. The molecule has 2 aromatic rings. The maximum atomic E-state index is 5.79. The van der Waals surface area contributed by atoms with Crippen molar-refractivity contribution < 1.29 is 0 Å². The largest absolute Gasteiger partial charge is 0.340 e. The number of hydrogen-bond donors (Lipinski definition) is 1. The van der Waals surface area contributed by atoms with E-state index in [9.17, 15) is 0 Å². The summed E-state index contributed by atoms with van der Waals surface area (Å²) in [5.74, 6) is 0.675. The Bertz CT molecular complexity index is 637. The van der Waals surface area contributed by atoms with Crippen LogP contribution in [0.4, 0.5) is 17.2 Å². The fraction of sp³-hybridized carbons (Fsp3) is 0.0714. The van der Waals surface area contributed by atoms with Crippen LogP contribution in [-0.2, 0) is 0 Å². The van der Waals surface area contributed by atoms with Crippen LogP contribution in [-0.4, -0.2) is 16.7 Å². The van der Waals surface area contributed by atoms with Gasteiger partial charge in [-0.1, -0.05) is 12.7 Å². The Kier molecular flexibility index (Phi) is 3.92. The van der Waals surface area contributed by atoms with E-state index in [-0.39, 0.29) is 5.28 Å². The molecule has 1 aromatic heterocycles. The Hall–Kier alpha value is -2.20. The molecule has 0 aliphatic rings. The van der Waals surface area contributed by atoms with Crippen LogP contribution < -0.4 is 5.32 Å². The van der Waals surface area contributed by atoms with Crippen LogP contribution in [0.2, 0.25) is 5.28 Å². The van der Waals surface area contributed by atoms with Crippen LogP contribution in [0.25, 0.3) is 6.08 Å². The molecule has 1 aromatic carbocycles. The zero-order chi connectivity index (χ0) is 13.8. The summed E-state index contributed by atoms with van der Waals surface area (Å²) in [5.41, 5.74) is 3.48. The topological polar surface area (TPSA) is 50.2 Å². The van der Waals surface area contributed by atoms with E-state index >= 15 is 0 Å². The number of aliphatic imine (C=N–C) groups is 1. The van der Waals surface area contributed by atoms with Gasteiger partial charge in [-0.15, -0.1) is 0 Å². The van der Waals surface area contributed by atoms with Crippen molar-refractivity contribution in [2.24, 2.45) is 4.99 Å². The van der Waals surface area contributed by atoms with E-state index in [1.54, 1.807) is 12.3 Å². The van der Waals surface area contributed by atoms with Crippen molar-refractivity contribution in [1.82, 2.24) is 9.97 Å². The quantitative estimate of drug-likeness (QED) is 0.672. The predicted molar refractivity (Wildman–Crippen MR) is 80.8 cm³/mol. The third-order valence-electron chi connectivity index (χ3n) is 2.62. The number of nitrogens with zero attached hydrogens (tertiary/aromatic N) is 3. The number of benzene rings is 1. The van der Waals surface area contributed by atoms with E-state index in [2.05, 4.69) is 33.6 Å². The number of aryl methyl sites for hydroxylation is 1. The van der Waals surface area contributed by atoms with E-state index in [4.69, 9.17) is 11.6 Å². The molecule has 96 valence electrons. The maximum Gasteiger partial charge on any atom is 0.224 e. The third-order valence-corrected chi connectivity index (χ3v) is 2.80. The van der Waals surface area contributed by atoms with Gasteiger partial charge in [0.15, 0.2) is 0 Å². The maximum absolute atomic E-state index is 5.79. The molecule has 0 saturated heterocycles. The van der Waals surface area contributed by atoms with Crippen molar-refractivity contribution in [3.05, 3.63) is 47.4 Å². The van der Waals surface area contributed by atoms with Crippen molar-refractivity contribution in [2.45, 2.75) is 6.92 Å². The number of anilines is 2. The van der Waals surface area contributed by atoms with Crippen LogP contribution in [0.1, 0.15) is 11.1 Å². The molecule has 0 unspecified atom stereocenters. The zero-order valence-corrected chi connectivity index (χ0v) is 11.3. The van der Waals surface area contributed by atoms with Crippen LogP contribution in [0, 0.1) is 6.92 Å². The molecule has 0 amide bonds. The summed E-state index contributed by atoms with van der Waals surface area (Å²) in [7, 11) is 0. The molecule has 1 heterocycles. The highest BCUT2D eigenvalue weighted by atomic mass is 35.5. The monoisotopic (exact) mass is 272 g/mol. The second-order valence-electron chi connectivity index (χ2n) is 3.93. The summed E-state index contributed by atoms with van der Waals surface area (Å²) in [6.07, 6.45) is 3.40. The van der Waals surface area contributed by atoms with Gasteiger partial charge < -0.3 is 5.32 Å². The summed E-state index contributed by atoms with van der Waals surface area (Å²) >= 11 is 5.79. The van der Waals surface area contributed by atoms with Crippen LogP contribution in [0.3, 0.4) is 0 Å². The molecule has 4 nitrogen and oxygen atoms in total. The lowest BCUT2D eigenvalue weighted by molar-refractivity contribution is 1.13. The molecule has 0 aliphatic carbocycles. The lowest BCUT2D eigenvalue weighted by Gasteiger charge is -2.10. The van der Waals surface area contributed by atoms with Crippen molar-refractivity contribution >= 4 is 41.6 Å². The lowest BCUT2D eigenvalue weighted by atomic mass is 10.1. The van der Waals surface area contributed by atoms with E-state index in [1.165, 1.54) is 0 Å². The first-order valence-electron chi connectivity index (χ1n) is 5.63. The minimum Gasteiger partial charge on any atom is -0.340 e. The Morgan fingerprint density at radius 1 is 1.42 bits per heavy atom. The summed E-state index contributed by atoms with van der Waals surface area (Å²) in [5, 5.41) is 3.40. The molecule has 0 aliphatic heterocycles. The number of hydrogen-bond acceptors (Lipinski definition) is 4. The highest BCUT2D eigenvalue weighted by Gasteiger charge is 2.04. The van der Waals surface area contributed by atoms with Gasteiger partial charge in [0.2, 0.25) is 5.28 Å². The molecule has 1 N–H and O–H groups in total.